The van der Waals surface area contributed by atoms with Crippen molar-refractivity contribution in [1.29, 1.82) is 0 Å². The van der Waals surface area contributed by atoms with Gasteiger partial charge in [-0.2, -0.15) is 0 Å². The highest BCUT2D eigenvalue weighted by molar-refractivity contribution is 5.94. The fourth-order valence-corrected chi connectivity index (χ4v) is 1.62. The first-order valence-electron chi connectivity index (χ1n) is 6.02. The maximum Gasteiger partial charge on any atom is 0.193 e. The minimum Gasteiger partial charge on any atom is -0.497 e. The third kappa shape index (κ3) is 3.29. The molecule has 2 rings (SSSR count). The van der Waals surface area contributed by atoms with Gasteiger partial charge in [0.25, 0.3) is 0 Å². The number of hydrogen-bond acceptors (Lipinski definition) is 3. The Balaban J connectivity index is 2.07. The molecule has 98 valence electrons. The summed E-state index contributed by atoms with van der Waals surface area (Å²) in [5, 5.41) is 3.04. The smallest absolute Gasteiger partial charge is 0.193 e. The van der Waals surface area contributed by atoms with Crippen molar-refractivity contribution in [2.24, 2.45) is 16.6 Å². The summed E-state index contributed by atoms with van der Waals surface area (Å²) in [7, 11) is 3.24. The molecule has 1 saturated carbocycles. The maximum atomic E-state index is 5.84. The lowest BCUT2D eigenvalue weighted by molar-refractivity contribution is 0.405. The van der Waals surface area contributed by atoms with Gasteiger partial charge in [-0.25, -0.2) is 0 Å². The van der Waals surface area contributed by atoms with Gasteiger partial charge in [-0.1, -0.05) is 0 Å². The van der Waals surface area contributed by atoms with Crippen LogP contribution in [0.3, 0.4) is 0 Å². The summed E-state index contributed by atoms with van der Waals surface area (Å²) in [6, 6.07) is 5.50. The Morgan fingerprint density at radius 1 is 1.39 bits per heavy atom. The summed E-state index contributed by atoms with van der Waals surface area (Å²) in [6.07, 6.45) is 2.53. The summed E-state index contributed by atoms with van der Waals surface area (Å²) in [5.74, 6) is 2.58. The predicted octanol–water partition coefficient (Wildman–Crippen LogP) is 1.84. The molecule has 0 amide bonds. The van der Waals surface area contributed by atoms with E-state index >= 15 is 0 Å². The standard InChI is InChI=1S/C13H19N3O2/c1-17-10-5-6-12(18-2)11(7-10)16-13(14)15-8-9-3-4-9/h5-7,9H,3-4,8H2,1-2H3,(H3,14,15,16). The minimum atomic E-state index is 0.411. The van der Waals surface area contributed by atoms with Gasteiger partial charge >= 0.3 is 0 Å². The highest BCUT2D eigenvalue weighted by Crippen LogP contribution is 2.30. The van der Waals surface area contributed by atoms with Gasteiger partial charge in [-0.15, -0.1) is 0 Å². The third-order valence-electron chi connectivity index (χ3n) is 2.89. The number of nitrogens with two attached hydrogens (primary N) is 1. The molecule has 0 radical (unpaired) electrons. The molecule has 0 unspecified atom stereocenters. The highest BCUT2D eigenvalue weighted by Gasteiger charge is 2.20. The van der Waals surface area contributed by atoms with Crippen LogP contribution in [0.15, 0.2) is 23.2 Å². The Bertz CT molecular complexity index is 442. The number of ether oxygens (including phenoxy) is 2. The zero-order valence-corrected chi connectivity index (χ0v) is 10.8. The van der Waals surface area contributed by atoms with E-state index in [2.05, 4.69) is 10.3 Å². The Labute approximate surface area is 107 Å². The number of methoxy groups -OCH3 is 2. The first-order valence-corrected chi connectivity index (χ1v) is 6.02. The van der Waals surface area contributed by atoms with Crippen LogP contribution in [0, 0.1) is 5.92 Å². The fraction of sp³-hybridized carbons (Fsp3) is 0.462. The summed E-state index contributed by atoms with van der Waals surface area (Å²) in [5.41, 5.74) is 6.60. The predicted molar refractivity (Wildman–Crippen MR) is 72.4 cm³/mol. The van der Waals surface area contributed by atoms with E-state index in [1.54, 1.807) is 14.2 Å². The molecule has 0 heterocycles. The van der Waals surface area contributed by atoms with E-state index in [0.717, 1.165) is 23.9 Å². The van der Waals surface area contributed by atoms with Crippen LogP contribution in [0.5, 0.6) is 11.5 Å². The third-order valence-corrected chi connectivity index (χ3v) is 2.89. The normalized spacial score (nSPS) is 15.3. The second-order valence-corrected chi connectivity index (χ2v) is 4.36. The minimum absolute atomic E-state index is 0.411. The molecule has 1 fully saturated rings. The molecule has 1 aromatic rings. The summed E-state index contributed by atoms with van der Waals surface area (Å²) in [4.78, 5) is 4.30. The number of benzene rings is 1. The number of hydrogen-bond donors (Lipinski definition) is 2. The van der Waals surface area contributed by atoms with E-state index in [1.807, 2.05) is 18.2 Å². The molecule has 3 N–H and O–H groups in total. The Kier molecular flexibility index (Phi) is 3.92. The number of aliphatic imine (C=N–C) groups is 1. The molecular weight excluding hydrogens is 230 g/mol. The van der Waals surface area contributed by atoms with Gasteiger partial charge < -0.3 is 20.5 Å². The molecular formula is C13H19N3O2. The molecule has 0 spiro atoms. The van der Waals surface area contributed by atoms with E-state index in [9.17, 15) is 0 Å². The van der Waals surface area contributed by atoms with Crippen molar-refractivity contribution >= 4 is 11.6 Å². The monoisotopic (exact) mass is 249 g/mol. The van der Waals surface area contributed by atoms with Gasteiger partial charge in [-0.05, 0) is 30.9 Å². The van der Waals surface area contributed by atoms with Gasteiger partial charge in [0.05, 0.1) is 19.9 Å². The number of anilines is 1. The van der Waals surface area contributed by atoms with Gasteiger partial charge in [0.2, 0.25) is 0 Å². The first-order chi connectivity index (χ1) is 8.72. The largest absolute Gasteiger partial charge is 0.497 e. The lowest BCUT2D eigenvalue weighted by Crippen LogP contribution is -2.23. The van der Waals surface area contributed by atoms with E-state index < -0.39 is 0 Å². The average molecular weight is 249 g/mol. The molecule has 0 aliphatic heterocycles. The quantitative estimate of drug-likeness (QED) is 0.617. The van der Waals surface area contributed by atoms with Crippen molar-refractivity contribution in [3.05, 3.63) is 18.2 Å². The van der Waals surface area contributed by atoms with Gasteiger partial charge in [-0.3, -0.25) is 4.99 Å². The number of nitrogens with one attached hydrogen (secondary N) is 1. The van der Waals surface area contributed by atoms with Gasteiger partial charge in [0.1, 0.15) is 11.5 Å². The van der Waals surface area contributed by atoms with Crippen LogP contribution in [-0.4, -0.2) is 26.7 Å². The van der Waals surface area contributed by atoms with Crippen molar-refractivity contribution in [1.82, 2.24) is 0 Å². The van der Waals surface area contributed by atoms with E-state index in [4.69, 9.17) is 15.2 Å². The lowest BCUT2D eigenvalue weighted by Gasteiger charge is -2.12. The molecule has 0 atom stereocenters. The average Bonchev–Trinajstić information content (AvgIpc) is 3.20. The molecule has 0 saturated heterocycles. The Morgan fingerprint density at radius 3 is 2.78 bits per heavy atom. The van der Waals surface area contributed by atoms with Crippen LogP contribution in [0.4, 0.5) is 5.69 Å². The molecule has 5 heteroatoms. The molecule has 18 heavy (non-hydrogen) atoms. The zero-order chi connectivity index (χ0) is 13.0. The van der Waals surface area contributed by atoms with Crippen LogP contribution in [-0.2, 0) is 0 Å². The molecule has 0 bridgehead atoms. The SMILES string of the molecule is COc1ccc(OC)c(NC(N)=NCC2CC2)c1. The van der Waals surface area contributed by atoms with E-state index in [-0.39, 0.29) is 0 Å². The van der Waals surface area contributed by atoms with Crippen LogP contribution >= 0.6 is 0 Å². The zero-order valence-electron chi connectivity index (χ0n) is 10.8. The van der Waals surface area contributed by atoms with Crippen LogP contribution in [0.1, 0.15) is 12.8 Å². The van der Waals surface area contributed by atoms with Crippen molar-refractivity contribution in [3.63, 3.8) is 0 Å². The van der Waals surface area contributed by atoms with Crippen LogP contribution in [0.2, 0.25) is 0 Å². The summed E-state index contributed by atoms with van der Waals surface area (Å²) in [6.45, 7) is 0.797. The lowest BCUT2D eigenvalue weighted by atomic mass is 10.2. The van der Waals surface area contributed by atoms with Gasteiger partial charge in [0, 0.05) is 12.6 Å². The Morgan fingerprint density at radius 2 is 2.17 bits per heavy atom. The number of rotatable bonds is 5. The summed E-state index contributed by atoms with van der Waals surface area (Å²) >= 11 is 0. The molecule has 1 aliphatic rings. The maximum absolute atomic E-state index is 5.84. The molecule has 1 aromatic carbocycles. The second-order valence-electron chi connectivity index (χ2n) is 4.36. The molecule has 5 nitrogen and oxygen atoms in total. The highest BCUT2D eigenvalue weighted by atomic mass is 16.5. The molecule has 0 aromatic heterocycles. The van der Waals surface area contributed by atoms with Crippen molar-refractivity contribution < 1.29 is 9.47 Å². The van der Waals surface area contributed by atoms with E-state index in [0.29, 0.717) is 11.7 Å². The van der Waals surface area contributed by atoms with Crippen molar-refractivity contribution in [2.45, 2.75) is 12.8 Å². The first kappa shape index (κ1) is 12.5. The fourth-order valence-electron chi connectivity index (χ4n) is 1.62. The molecule has 1 aliphatic carbocycles. The second kappa shape index (κ2) is 5.62. The Hall–Kier alpha value is -1.91. The number of nitrogens with zero attached hydrogens (tertiary/aromatic N) is 1. The summed E-state index contributed by atoms with van der Waals surface area (Å²) < 4.78 is 10.4. The van der Waals surface area contributed by atoms with Crippen molar-refractivity contribution in [3.8, 4) is 11.5 Å². The van der Waals surface area contributed by atoms with Crippen molar-refractivity contribution in [2.75, 3.05) is 26.1 Å². The topological polar surface area (TPSA) is 68.9 Å². The van der Waals surface area contributed by atoms with Crippen LogP contribution < -0.4 is 20.5 Å². The number of guanidine groups is 1. The van der Waals surface area contributed by atoms with Gasteiger partial charge in [0.15, 0.2) is 5.96 Å². The van der Waals surface area contributed by atoms with Crippen LogP contribution in [0.25, 0.3) is 0 Å². The van der Waals surface area contributed by atoms with E-state index in [1.165, 1.54) is 12.8 Å².